The van der Waals surface area contributed by atoms with Gasteiger partial charge in [-0.25, -0.2) is 19.6 Å². The Labute approximate surface area is 373 Å². The molecule has 16 heteroatoms. The third-order valence-electron chi connectivity index (χ3n) is 13.0. The van der Waals surface area contributed by atoms with Gasteiger partial charge in [0.25, 0.3) is 0 Å². The van der Waals surface area contributed by atoms with Gasteiger partial charge < -0.3 is 49.9 Å². The number of H-pyrrole nitrogens is 2. The standard InChI is InChI=1S/C48H61N9O7/c1-26(2)41(53-47(60)61)45(58)55-22-8-10-39(55)43-49-33-18-12-29(24-35(33)51-43)37-20-21-38(57(37)31-14-16-32(17-15-31)64-28(5)6)30-13-19-34-36(25-30)52-44(50-34)40-11-9-23-56(40)46(59)42(27(3)4)54-48(62)63-7/h12-19,24-28,37-42,53H,8-11,20-23H2,1-7H3,(H,49,51)(H,50,52)(H,54,62)(H,60,61)/t37-,38-,39+,40+,41+,42+/m1/s1. The summed E-state index contributed by atoms with van der Waals surface area (Å²) >= 11 is 0. The minimum atomic E-state index is -1.22. The molecule has 3 aromatic carbocycles. The van der Waals surface area contributed by atoms with Gasteiger partial charge in [0.15, 0.2) is 0 Å². The fourth-order valence-corrected chi connectivity index (χ4v) is 9.95. The number of nitrogens with zero attached hydrogens (tertiary/aromatic N) is 5. The monoisotopic (exact) mass is 875 g/mol. The van der Waals surface area contributed by atoms with Gasteiger partial charge in [0.2, 0.25) is 11.8 Å². The Kier molecular flexibility index (Phi) is 12.7. The quantitative estimate of drug-likeness (QED) is 0.0767. The predicted molar refractivity (Wildman–Crippen MR) is 243 cm³/mol. The molecule has 3 aliphatic rings. The second kappa shape index (κ2) is 18.4. The molecule has 5 aromatic rings. The van der Waals surface area contributed by atoms with E-state index in [1.54, 1.807) is 4.90 Å². The number of aromatic nitrogens is 4. The molecule has 8 rings (SSSR count). The van der Waals surface area contributed by atoms with Crippen molar-refractivity contribution < 1.29 is 33.8 Å². The summed E-state index contributed by atoms with van der Waals surface area (Å²) in [5, 5.41) is 14.6. The van der Waals surface area contributed by atoms with Gasteiger partial charge in [0, 0.05) is 18.8 Å². The number of alkyl carbamates (subject to hydrolysis) is 1. The number of rotatable bonds is 13. The highest BCUT2D eigenvalue weighted by Gasteiger charge is 2.40. The first-order chi connectivity index (χ1) is 30.7. The SMILES string of the molecule is COC(=O)N[C@H](C(=O)N1CCC[C@H]1c1nc2ccc([C@H]3CC[C@H](c4ccc5nc([C@@H]6CCCN6C(=O)[C@@H](NC(=O)O)C(C)C)[nH]c5c4)N3c3ccc(OC(C)C)cc3)cc2[nH]1)C(C)C. The Morgan fingerprint density at radius 3 is 1.59 bits per heavy atom. The molecule has 64 heavy (non-hydrogen) atoms. The Bertz CT molecular complexity index is 2500. The molecule has 0 unspecified atom stereocenters. The topological polar surface area (TPSA) is 198 Å². The van der Waals surface area contributed by atoms with Crippen molar-refractivity contribution >= 4 is 51.8 Å². The summed E-state index contributed by atoms with van der Waals surface area (Å²) in [4.78, 5) is 74.5. The van der Waals surface area contributed by atoms with E-state index in [1.807, 2.05) is 64.6 Å². The first-order valence-electron chi connectivity index (χ1n) is 22.7. The summed E-state index contributed by atoms with van der Waals surface area (Å²) in [6, 6.07) is 19.1. The Balaban J connectivity index is 1.08. The van der Waals surface area contributed by atoms with E-state index in [4.69, 9.17) is 19.4 Å². The number of hydrogen-bond donors (Lipinski definition) is 5. The van der Waals surface area contributed by atoms with Crippen LogP contribution in [0.1, 0.15) is 127 Å². The van der Waals surface area contributed by atoms with Gasteiger partial charge in [-0.2, -0.15) is 0 Å². The molecule has 3 aliphatic heterocycles. The molecule has 4 amide bonds. The van der Waals surface area contributed by atoms with Crippen molar-refractivity contribution in [3.05, 3.63) is 83.4 Å². The second-order valence-electron chi connectivity index (χ2n) is 18.4. The molecule has 0 bridgehead atoms. The number of likely N-dealkylation sites (tertiary alicyclic amines) is 2. The van der Waals surface area contributed by atoms with Crippen LogP contribution in [0, 0.1) is 11.8 Å². The third-order valence-corrected chi connectivity index (χ3v) is 13.0. The number of carbonyl (C=O) groups excluding carboxylic acids is 3. The number of fused-ring (bicyclic) bond motifs is 2. The molecule has 3 saturated heterocycles. The molecule has 6 atom stereocenters. The van der Waals surface area contributed by atoms with Gasteiger partial charge in [0.1, 0.15) is 29.5 Å². The average Bonchev–Trinajstić information content (AvgIpc) is 4.12. The lowest BCUT2D eigenvalue weighted by Gasteiger charge is -2.33. The van der Waals surface area contributed by atoms with E-state index in [0.717, 1.165) is 89.0 Å². The smallest absolute Gasteiger partial charge is 0.407 e. The molecule has 0 saturated carbocycles. The van der Waals surface area contributed by atoms with Crippen LogP contribution in [0.25, 0.3) is 22.1 Å². The fourth-order valence-electron chi connectivity index (χ4n) is 9.95. The van der Waals surface area contributed by atoms with Gasteiger partial charge in [-0.05, 0) is 124 Å². The van der Waals surface area contributed by atoms with Crippen LogP contribution >= 0.6 is 0 Å². The number of methoxy groups -OCH3 is 1. The summed E-state index contributed by atoms with van der Waals surface area (Å²) in [5.41, 5.74) is 6.75. The van der Waals surface area contributed by atoms with E-state index >= 15 is 0 Å². The molecule has 16 nitrogen and oxygen atoms in total. The zero-order valence-corrected chi connectivity index (χ0v) is 37.8. The third kappa shape index (κ3) is 8.91. The van der Waals surface area contributed by atoms with Gasteiger partial charge in [-0.3, -0.25) is 9.59 Å². The van der Waals surface area contributed by atoms with Gasteiger partial charge >= 0.3 is 12.2 Å². The van der Waals surface area contributed by atoms with E-state index in [1.165, 1.54) is 7.11 Å². The maximum atomic E-state index is 13.9. The van der Waals surface area contributed by atoms with Gasteiger partial charge in [0.05, 0.1) is 59.4 Å². The van der Waals surface area contributed by atoms with Gasteiger partial charge in [-0.1, -0.05) is 39.8 Å². The minimum Gasteiger partial charge on any atom is -0.491 e. The maximum Gasteiger partial charge on any atom is 0.407 e. The Hall–Kier alpha value is -6.32. The van der Waals surface area contributed by atoms with Crippen molar-refractivity contribution in [2.45, 2.75) is 122 Å². The number of aromatic amines is 2. The zero-order chi connectivity index (χ0) is 45.4. The molecule has 0 aliphatic carbocycles. The number of ether oxygens (including phenoxy) is 2. The number of carbonyl (C=O) groups is 4. The normalized spacial score (nSPS) is 21.1. The van der Waals surface area contributed by atoms with E-state index in [9.17, 15) is 24.3 Å². The molecule has 5 N–H and O–H groups in total. The van der Waals surface area contributed by atoms with Gasteiger partial charge in [-0.15, -0.1) is 0 Å². The van der Waals surface area contributed by atoms with Crippen molar-refractivity contribution in [2.75, 3.05) is 25.1 Å². The summed E-state index contributed by atoms with van der Waals surface area (Å²) in [6.07, 6.45) is 3.11. The van der Waals surface area contributed by atoms with Crippen LogP contribution < -0.4 is 20.3 Å². The number of anilines is 1. The Morgan fingerprint density at radius 1 is 0.672 bits per heavy atom. The number of nitrogens with one attached hydrogen (secondary N) is 4. The number of carboxylic acid groups (broad SMARTS) is 1. The Morgan fingerprint density at radius 2 is 1.16 bits per heavy atom. The largest absolute Gasteiger partial charge is 0.491 e. The first-order valence-corrected chi connectivity index (χ1v) is 22.7. The summed E-state index contributed by atoms with van der Waals surface area (Å²) in [7, 11) is 1.30. The van der Waals surface area contributed by atoms with Crippen molar-refractivity contribution in [3.8, 4) is 5.75 Å². The summed E-state index contributed by atoms with van der Waals surface area (Å²) in [6.45, 7) is 12.7. The van der Waals surface area contributed by atoms with Crippen molar-refractivity contribution in [2.24, 2.45) is 11.8 Å². The van der Waals surface area contributed by atoms with Crippen LogP contribution in [0.3, 0.4) is 0 Å². The predicted octanol–water partition coefficient (Wildman–Crippen LogP) is 8.31. The zero-order valence-electron chi connectivity index (χ0n) is 37.8. The van der Waals surface area contributed by atoms with Crippen molar-refractivity contribution in [3.63, 3.8) is 0 Å². The average molecular weight is 876 g/mol. The van der Waals surface area contributed by atoms with E-state index in [2.05, 4.69) is 68.0 Å². The second-order valence-corrected chi connectivity index (χ2v) is 18.4. The lowest BCUT2D eigenvalue weighted by molar-refractivity contribution is -0.136. The van der Waals surface area contributed by atoms with E-state index in [0.29, 0.717) is 18.9 Å². The molecule has 0 spiro atoms. The molecular weight excluding hydrogens is 815 g/mol. The highest BCUT2D eigenvalue weighted by Crippen LogP contribution is 2.48. The number of benzene rings is 3. The van der Waals surface area contributed by atoms with Crippen molar-refractivity contribution in [1.29, 1.82) is 0 Å². The highest BCUT2D eigenvalue weighted by molar-refractivity contribution is 5.87. The van der Waals surface area contributed by atoms with Crippen LogP contribution in [0.2, 0.25) is 0 Å². The van der Waals surface area contributed by atoms with Crippen molar-refractivity contribution in [1.82, 2.24) is 40.4 Å². The molecule has 2 aromatic heterocycles. The number of hydrogen-bond acceptors (Lipinski definition) is 9. The lowest BCUT2D eigenvalue weighted by Crippen LogP contribution is -2.51. The lowest BCUT2D eigenvalue weighted by atomic mass is 10.0. The summed E-state index contributed by atoms with van der Waals surface area (Å²) in [5.74, 6) is 1.52. The molecular formula is C48H61N9O7. The van der Waals surface area contributed by atoms with Crippen LogP contribution in [-0.4, -0.2) is 97.2 Å². The minimum absolute atomic E-state index is 0.0232. The number of amides is 4. The molecule has 0 radical (unpaired) electrons. The van der Waals surface area contributed by atoms with Crippen LogP contribution in [0.5, 0.6) is 5.75 Å². The van der Waals surface area contributed by atoms with E-state index in [-0.39, 0.29) is 53.9 Å². The van der Waals surface area contributed by atoms with Crippen LogP contribution in [0.4, 0.5) is 15.3 Å². The molecule has 340 valence electrons. The fraction of sp³-hybridized carbons (Fsp3) is 0.500. The first kappa shape index (κ1) is 44.3. The van der Waals surface area contributed by atoms with Crippen LogP contribution in [-0.2, 0) is 14.3 Å². The molecule has 3 fully saturated rings. The van der Waals surface area contributed by atoms with Crippen LogP contribution in [0.15, 0.2) is 60.7 Å². The van der Waals surface area contributed by atoms with E-state index < -0.39 is 24.3 Å². The maximum absolute atomic E-state index is 13.9. The molecule has 5 heterocycles. The number of imidazole rings is 2. The highest BCUT2D eigenvalue weighted by atomic mass is 16.5. The summed E-state index contributed by atoms with van der Waals surface area (Å²) < 4.78 is 10.9.